The molecule has 2 N–H and O–H groups in total. The molecule has 0 atom stereocenters. The highest BCUT2D eigenvalue weighted by atomic mass is 16.5. The lowest BCUT2D eigenvalue weighted by atomic mass is 9.88. The fraction of sp³-hybridized carbons (Fsp3) is 1.00. The van der Waals surface area contributed by atoms with Crippen LogP contribution in [0.5, 0.6) is 0 Å². The topological polar surface area (TPSA) is 36.5 Å². The third-order valence-electron chi connectivity index (χ3n) is 4.22. The summed E-state index contributed by atoms with van der Waals surface area (Å²) in [6.07, 6.45) is 2.84. The van der Waals surface area contributed by atoms with E-state index in [1.807, 2.05) is 7.11 Å². The Balaban J connectivity index is 1.69. The summed E-state index contributed by atoms with van der Waals surface area (Å²) in [6, 6.07) is 0.669. The number of rotatable bonds is 5. The Morgan fingerprint density at radius 1 is 1.29 bits per heavy atom. The van der Waals surface area contributed by atoms with Crippen molar-refractivity contribution in [3.8, 4) is 0 Å². The molecule has 17 heavy (non-hydrogen) atoms. The highest BCUT2D eigenvalue weighted by Crippen LogP contribution is 2.23. The lowest BCUT2D eigenvalue weighted by Gasteiger charge is -2.43. The third kappa shape index (κ3) is 3.41. The molecular formula is C13H27N3O. The molecule has 0 radical (unpaired) electrons. The first-order valence-electron chi connectivity index (χ1n) is 6.84. The summed E-state index contributed by atoms with van der Waals surface area (Å²) in [5.74, 6) is 0. The van der Waals surface area contributed by atoms with Crippen molar-refractivity contribution in [1.82, 2.24) is 15.5 Å². The molecule has 4 nitrogen and oxygen atoms in total. The SMILES string of the molecule is COC1CC(NCC(C)(C)N2CCNCC2)C1. The molecule has 2 aliphatic rings. The summed E-state index contributed by atoms with van der Waals surface area (Å²) < 4.78 is 5.31. The van der Waals surface area contributed by atoms with E-state index < -0.39 is 0 Å². The predicted octanol–water partition coefficient (Wildman–Crippen LogP) is 0.437. The van der Waals surface area contributed by atoms with Crippen molar-refractivity contribution in [3.63, 3.8) is 0 Å². The second-order valence-corrected chi connectivity index (χ2v) is 5.96. The van der Waals surface area contributed by atoms with Gasteiger partial charge < -0.3 is 15.4 Å². The first-order chi connectivity index (χ1) is 8.12. The lowest BCUT2D eigenvalue weighted by molar-refractivity contribution is 0.0109. The van der Waals surface area contributed by atoms with Gasteiger partial charge in [-0.1, -0.05) is 0 Å². The lowest BCUT2D eigenvalue weighted by Crippen LogP contribution is -2.59. The Morgan fingerprint density at radius 3 is 2.53 bits per heavy atom. The normalized spacial score (nSPS) is 31.2. The van der Waals surface area contributed by atoms with Crippen LogP contribution in [0.15, 0.2) is 0 Å². The molecular weight excluding hydrogens is 214 g/mol. The van der Waals surface area contributed by atoms with Gasteiger partial charge in [-0.15, -0.1) is 0 Å². The minimum Gasteiger partial charge on any atom is -0.381 e. The van der Waals surface area contributed by atoms with E-state index in [9.17, 15) is 0 Å². The van der Waals surface area contributed by atoms with Gasteiger partial charge in [0.05, 0.1) is 6.10 Å². The number of nitrogens with one attached hydrogen (secondary N) is 2. The van der Waals surface area contributed by atoms with E-state index in [2.05, 4.69) is 29.4 Å². The molecule has 0 aromatic carbocycles. The van der Waals surface area contributed by atoms with Crippen molar-refractivity contribution >= 4 is 0 Å². The van der Waals surface area contributed by atoms with E-state index in [0.29, 0.717) is 12.1 Å². The van der Waals surface area contributed by atoms with E-state index >= 15 is 0 Å². The zero-order chi connectivity index (χ0) is 12.3. The summed E-state index contributed by atoms with van der Waals surface area (Å²) in [7, 11) is 1.81. The van der Waals surface area contributed by atoms with Crippen LogP contribution in [-0.4, -0.2) is 62.4 Å². The van der Waals surface area contributed by atoms with Crippen molar-refractivity contribution in [2.75, 3.05) is 39.8 Å². The standard InChI is InChI=1S/C13H27N3O/c1-13(2,16-6-4-14-5-7-16)10-15-11-8-12(9-11)17-3/h11-12,14-15H,4-10H2,1-3H3. The fourth-order valence-corrected chi connectivity index (χ4v) is 2.70. The molecule has 1 aliphatic heterocycles. The Hall–Kier alpha value is -0.160. The van der Waals surface area contributed by atoms with Crippen LogP contribution < -0.4 is 10.6 Å². The first-order valence-corrected chi connectivity index (χ1v) is 6.84. The van der Waals surface area contributed by atoms with Crippen molar-refractivity contribution < 1.29 is 4.74 Å². The van der Waals surface area contributed by atoms with E-state index in [0.717, 1.165) is 19.6 Å². The summed E-state index contributed by atoms with van der Waals surface area (Å²) >= 11 is 0. The molecule has 1 saturated heterocycles. The largest absolute Gasteiger partial charge is 0.381 e. The van der Waals surface area contributed by atoms with Crippen LogP contribution in [0, 0.1) is 0 Å². The van der Waals surface area contributed by atoms with Gasteiger partial charge in [0.25, 0.3) is 0 Å². The van der Waals surface area contributed by atoms with Crippen LogP contribution in [0.25, 0.3) is 0 Å². The molecule has 1 aliphatic carbocycles. The molecule has 2 fully saturated rings. The first kappa shape index (κ1) is 13.3. The van der Waals surface area contributed by atoms with Gasteiger partial charge in [0.15, 0.2) is 0 Å². The molecule has 0 aromatic heterocycles. The Kier molecular flexibility index (Phi) is 4.42. The number of methoxy groups -OCH3 is 1. The van der Waals surface area contributed by atoms with E-state index in [-0.39, 0.29) is 5.54 Å². The van der Waals surface area contributed by atoms with Gasteiger partial charge >= 0.3 is 0 Å². The maximum absolute atomic E-state index is 5.31. The highest BCUT2D eigenvalue weighted by molar-refractivity contribution is 4.91. The third-order valence-corrected chi connectivity index (χ3v) is 4.22. The van der Waals surface area contributed by atoms with E-state index in [1.165, 1.54) is 25.9 Å². The highest BCUT2D eigenvalue weighted by Gasteiger charge is 2.32. The van der Waals surface area contributed by atoms with Crippen LogP contribution in [-0.2, 0) is 4.74 Å². The monoisotopic (exact) mass is 241 g/mol. The van der Waals surface area contributed by atoms with Crippen molar-refractivity contribution in [1.29, 1.82) is 0 Å². The zero-order valence-electron chi connectivity index (χ0n) is 11.5. The Bertz CT molecular complexity index is 233. The molecule has 1 saturated carbocycles. The number of piperazine rings is 1. The zero-order valence-corrected chi connectivity index (χ0v) is 11.5. The average molecular weight is 241 g/mol. The molecule has 100 valence electrons. The smallest absolute Gasteiger partial charge is 0.0601 e. The predicted molar refractivity (Wildman–Crippen MR) is 70.3 cm³/mol. The number of ether oxygens (including phenoxy) is 1. The number of nitrogens with zero attached hydrogens (tertiary/aromatic N) is 1. The van der Waals surface area contributed by atoms with Crippen molar-refractivity contribution in [2.24, 2.45) is 0 Å². The van der Waals surface area contributed by atoms with Crippen LogP contribution in [0.1, 0.15) is 26.7 Å². The summed E-state index contributed by atoms with van der Waals surface area (Å²) in [6.45, 7) is 10.3. The molecule has 4 heteroatoms. The molecule has 2 rings (SSSR count). The average Bonchev–Trinajstić information content (AvgIpc) is 2.28. The van der Waals surface area contributed by atoms with E-state index in [4.69, 9.17) is 4.74 Å². The molecule has 0 bridgehead atoms. The van der Waals surface area contributed by atoms with Crippen LogP contribution in [0.3, 0.4) is 0 Å². The van der Waals surface area contributed by atoms with Gasteiger partial charge in [-0.3, -0.25) is 4.90 Å². The minimum absolute atomic E-state index is 0.264. The minimum atomic E-state index is 0.264. The molecule has 0 spiro atoms. The number of hydrogen-bond donors (Lipinski definition) is 2. The Labute approximate surface area is 105 Å². The van der Waals surface area contributed by atoms with Gasteiger partial charge in [-0.25, -0.2) is 0 Å². The van der Waals surface area contributed by atoms with Crippen molar-refractivity contribution in [3.05, 3.63) is 0 Å². The summed E-state index contributed by atoms with van der Waals surface area (Å²) in [5.41, 5.74) is 0.264. The maximum atomic E-state index is 5.31. The summed E-state index contributed by atoms with van der Waals surface area (Å²) in [4.78, 5) is 2.59. The van der Waals surface area contributed by atoms with Gasteiger partial charge in [-0.05, 0) is 26.7 Å². The molecule has 0 unspecified atom stereocenters. The fourth-order valence-electron chi connectivity index (χ4n) is 2.70. The summed E-state index contributed by atoms with van der Waals surface area (Å²) in [5, 5.41) is 7.09. The second-order valence-electron chi connectivity index (χ2n) is 5.96. The van der Waals surface area contributed by atoms with E-state index in [1.54, 1.807) is 0 Å². The van der Waals surface area contributed by atoms with Crippen LogP contribution >= 0.6 is 0 Å². The van der Waals surface area contributed by atoms with Crippen LogP contribution in [0.2, 0.25) is 0 Å². The van der Waals surface area contributed by atoms with Gasteiger partial charge in [0.1, 0.15) is 0 Å². The van der Waals surface area contributed by atoms with Gasteiger partial charge in [0.2, 0.25) is 0 Å². The molecule has 1 heterocycles. The van der Waals surface area contributed by atoms with Gasteiger partial charge in [-0.2, -0.15) is 0 Å². The van der Waals surface area contributed by atoms with Crippen LogP contribution in [0.4, 0.5) is 0 Å². The quantitative estimate of drug-likeness (QED) is 0.732. The second kappa shape index (κ2) is 5.65. The molecule has 0 aromatic rings. The Morgan fingerprint density at radius 2 is 1.94 bits per heavy atom. The molecule has 0 amide bonds. The van der Waals surface area contributed by atoms with Crippen molar-refractivity contribution in [2.45, 2.75) is 44.4 Å². The maximum Gasteiger partial charge on any atom is 0.0601 e. The number of hydrogen-bond acceptors (Lipinski definition) is 4. The van der Waals surface area contributed by atoms with Gasteiger partial charge in [0, 0.05) is 51.4 Å².